The first-order valence-electron chi connectivity index (χ1n) is 10.3. The number of hydrogen-bond acceptors (Lipinski definition) is 6. The summed E-state index contributed by atoms with van der Waals surface area (Å²) in [6.07, 6.45) is 0. The molecule has 0 N–H and O–H groups in total. The zero-order valence-corrected chi connectivity index (χ0v) is 17.9. The Hall–Kier alpha value is -3.14. The van der Waals surface area contributed by atoms with Gasteiger partial charge in [-0.05, 0) is 24.0 Å². The Morgan fingerprint density at radius 2 is 1.81 bits per heavy atom. The highest BCUT2D eigenvalue weighted by molar-refractivity contribution is 6.23. The van der Waals surface area contributed by atoms with E-state index in [1.54, 1.807) is 23.8 Å². The molecule has 1 aromatic carbocycles. The number of amidine groups is 2. The quantitative estimate of drug-likeness (QED) is 0.627. The van der Waals surface area contributed by atoms with Crippen LogP contribution in [0.4, 0.5) is 14.9 Å². The second-order valence-electron chi connectivity index (χ2n) is 8.07. The van der Waals surface area contributed by atoms with Gasteiger partial charge in [0.2, 0.25) is 0 Å². The molecule has 3 aliphatic heterocycles. The summed E-state index contributed by atoms with van der Waals surface area (Å²) in [4.78, 5) is 48.2. The molecule has 3 amide bonds. The average Bonchev–Trinajstić information content (AvgIpc) is 3.09. The van der Waals surface area contributed by atoms with Crippen LogP contribution < -0.4 is 4.90 Å². The zero-order chi connectivity index (χ0) is 22.3. The number of para-hydroxylation sites is 1. The number of carbonyl (C=O) groups is 3. The van der Waals surface area contributed by atoms with Crippen molar-refractivity contribution in [2.45, 2.75) is 13.0 Å². The van der Waals surface area contributed by atoms with Gasteiger partial charge in [-0.25, -0.2) is 13.8 Å². The fraction of sp³-hybridized carbons (Fsp3) is 0.476. The molecule has 2 saturated heterocycles. The second-order valence-corrected chi connectivity index (χ2v) is 8.07. The first-order valence-corrected chi connectivity index (χ1v) is 10.3. The Balaban J connectivity index is 1.53. The number of aliphatic imine (C=N–C) groups is 1. The molecule has 0 bridgehead atoms. The summed E-state index contributed by atoms with van der Waals surface area (Å²) < 4.78 is 15.8. The minimum atomic E-state index is -0.772. The topological polar surface area (TPSA) is 79.5 Å². The van der Waals surface area contributed by atoms with Crippen molar-refractivity contribution >= 4 is 35.1 Å². The summed E-state index contributed by atoms with van der Waals surface area (Å²) in [5.74, 6) is 0.238. The smallest absolute Gasteiger partial charge is 0.333 e. The molecule has 0 aromatic heterocycles. The Morgan fingerprint density at radius 3 is 2.45 bits per heavy atom. The number of benzene rings is 1. The monoisotopic (exact) mass is 429 g/mol. The van der Waals surface area contributed by atoms with Crippen LogP contribution in [0.3, 0.4) is 0 Å². The maximum Gasteiger partial charge on any atom is 0.333 e. The number of halogens is 1. The number of urea groups is 1. The molecule has 164 valence electrons. The van der Waals surface area contributed by atoms with Crippen LogP contribution in [0.25, 0.3) is 0 Å². The minimum absolute atomic E-state index is 0.0454. The van der Waals surface area contributed by atoms with E-state index in [1.165, 1.54) is 24.9 Å². The first kappa shape index (κ1) is 21.1. The average molecular weight is 429 g/mol. The summed E-state index contributed by atoms with van der Waals surface area (Å²) >= 11 is 0. The lowest BCUT2D eigenvalue weighted by molar-refractivity contribution is -0.524. The first-order chi connectivity index (χ1) is 14.8. The van der Waals surface area contributed by atoms with Gasteiger partial charge in [0, 0.05) is 40.3 Å². The number of fused-ring (bicyclic) bond motifs is 1. The lowest BCUT2D eigenvalue weighted by atomic mass is 10.1. The molecule has 1 atom stereocenters. The summed E-state index contributed by atoms with van der Waals surface area (Å²) in [6.45, 7) is 4.63. The number of hydrogen-bond donors (Lipinski definition) is 0. The van der Waals surface area contributed by atoms with Gasteiger partial charge in [0.05, 0.1) is 5.69 Å². The molecule has 10 heteroatoms. The predicted molar refractivity (Wildman–Crippen MR) is 113 cm³/mol. The molecule has 0 aliphatic carbocycles. The normalized spacial score (nSPS) is 22.3. The summed E-state index contributed by atoms with van der Waals surface area (Å²) in [6, 6.07) is 5.52. The molecule has 3 aliphatic rings. The van der Waals surface area contributed by atoms with E-state index in [0.717, 1.165) is 4.90 Å². The van der Waals surface area contributed by atoms with Gasteiger partial charge in [0.25, 0.3) is 17.8 Å². The molecule has 3 heterocycles. The zero-order valence-electron chi connectivity index (χ0n) is 17.9. The van der Waals surface area contributed by atoms with Crippen LogP contribution >= 0.6 is 0 Å². The molecule has 1 aromatic rings. The van der Waals surface area contributed by atoms with Crippen molar-refractivity contribution in [1.29, 1.82) is 0 Å². The van der Waals surface area contributed by atoms with Crippen molar-refractivity contribution in [2.24, 2.45) is 4.99 Å². The Labute approximate surface area is 180 Å². The summed E-state index contributed by atoms with van der Waals surface area (Å²) in [7, 11) is 3.02. The van der Waals surface area contributed by atoms with Gasteiger partial charge < -0.3 is 4.90 Å². The Bertz CT molecular complexity index is 999. The molecule has 31 heavy (non-hydrogen) atoms. The fourth-order valence-corrected chi connectivity index (χ4v) is 4.25. The standard InChI is InChI=1S/C21H26FN6O3/c1-14(29)12-28-17(23-19-18(28)20(30)25(3)21(31)24(19)2)13-26-8-10-27(11-9-26)16-7-5-4-6-15(16)22/h4-7,18H,8-13H2,1-3H3/q+1. The number of ketones is 1. The van der Waals surface area contributed by atoms with Crippen molar-refractivity contribution in [2.75, 3.05) is 58.3 Å². The molecule has 9 nitrogen and oxygen atoms in total. The van der Waals surface area contributed by atoms with Gasteiger partial charge in [-0.3, -0.25) is 24.3 Å². The third-order valence-electron chi connectivity index (χ3n) is 5.94. The number of anilines is 1. The maximum absolute atomic E-state index is 14.1. The molecule has 4 rings (SSSR count). The van der Waals surface area contributed by atoms with Crippen LogP contribution in [0.15, 0.2) is 29.3 Å². The molecule has 0 radical (unpaired) electrons. The second kappa shape index (κ2) is 8.18. The van der Waals surface area contributed by atoms with Crippen molar-refractivity contribution in [1.82, 2.24) is 14.7 Å². The van der Waals surface area contributed by atoms with E-state index < -0.39 is 12.1 Å². The van der Waals surface area contributed by atoms with Crippen molar-refractivity contribution < 1.29 is 23.3 Å². The van der Waals surface area contributed by atoms with Crippen LogP contribution in [0, 0.1) is 5.82 Å². The SMILES string of the molecule is CC(=O)C[N+]1=C(CN2CCN(c3ccccc3F)CC2)N=C2C1C(=O)N(C)C(=O)N2C. The van der Waals surface area contributed by atoms with E-state index in [9.17, 15) is 18.8 Å². The van der Waals surface area contributed by atoms with Gasteiger partial charge in [-0.15, -0.1) is 0 Å². The number of amides is 3. The van der Waals surface area contributed by atoms with Gasteiger partial charge in [-0.1, -0.05) is 12.1 Å². The summed E-state index contributed by atoms with van der Waals surface area (Å²) in [5, 5.41) is 0. The number of imide groups is 1. The third-order valence-corrected chi connectivity index (χ3v) is 5.94. The van der Waals surface area contributed by atoms with E-state index in [1.807, 2.05) is 11.0 Å². The van der Waals surface area contributed by atoms with Crippen LogP contribution in [-0.2, 0) is 9.59 Å². The van der Waals surface area contributed by atoms with E-state index in [0.29, 0.717) is 50.1 Å². The molecular weight excluding hydrogens is 403 g/mol. The number of carbonyl (C=O) groups excluding carboxylic acids is 3. The lowest BCUT2D eigenvalue weighted by Crippen LogP contribution is -2.61. The molecule has 2 fully saturated rings. The number of likely N-dealkylation sites (N-methyl/N-ethyl adjacent to an activating group) is 2. The van der Waals surface area contributed by atoms with Crippen molar-refractivity contribution in [3.63, 3.8) is 0 Å². The van der Waals surface area contributed by atoms with Crippen LogP contribution in [-0.4, -0.2) is 108 Å². The van der Waals surface area contributed by atoms with E-state index >= 15 is 0 Å². The van der Waals surface area contributed by atoms with Gasteiger partial charge in [-0.2, -0.15) is 0 Å². The van der Waals surface area contributed by atoms with E-state index in [-0.39, 0.29) is 24.1 Å². The van der Waals surface area contributed by atoms with Crippen molar-refractivity contribution in [3.8, 4) is 0 Å². The van der Waals surface area contributed by atoms with E-state index in [2.05, 4.69) is 9.89 Å². The number of rotatable bonds is 5. The predicted octanol–water partition coefficient (Wildman–Crippen LogP) is 0.252. The Kier molecular flexibility index (Phi) is 5.57. The maximum atomic E-state index is 14.1. The van der Waals surface area contributed by atoms with Crippen LogP contribution in [0.2, 0.25) is 0 Å². The molecule has 0 saturated carbocycles. The van der Waals surface area contributed by atoms with E-state index in [4.69, 9.17) is 0 Å². The lowest BCUT2D eigenvalue weighted by Gasteiger charge is -2.35. The highest BCUT2D eigenvalue weighted by Gasteiger charge is 2.53. The van der Waals surface area contributed by atoms with Crippen molar-refractivity contribution in [3.05, 3.63) is 30.1 Å². The number of piperazine rings is 1. The third kappa shape index (κ3) is 3.83. The Morgan fingerprint density at radius 1 is 1.13 bits per heavy atom. The van der Waals surface area contributed by atoms with Gasteiger partial charge in [0.15, 0.2) is 5.78 Å². The number of nitrogens with zero attached hydrogens (tertiary/aromatic N) is 6. The largest absolute Gasteiger partial charge is 0.367 e. The number of Topliss-reactive ketones (excluding diaryl/α,β-unsaturated/α-hetero) is 1. The molecular formula is C21H26FN6O3+. The van der Waals surface area contributed by atoms with Crippen LogP contribution in [0.1, 0.15) is 6.92 Å². The molecule has 1 unspecified atom stereocenters. The highest BCUT2D eigenvalue weighted by atomic mass is 19.1. The minimum Gasteiger partial charge on any atom is -0.367 e. The highest BCUT2D eigenvalue weighted by Crippen LogP contribution is 2.22. The van der Waals surface area contributed by atoms with Crippen LogP contribution in [0.5, 0.6) is 0 Å². The summed E-state index contributed by atoms with van der Waals surface area (Å²) in [5.41, 5.74) is 0.592. The van der Waals surface area contributed by atoms with Gasteiger partial charge >= 0.3 is 11.9 Å². The fourth-order valence-electron chi connectivity index (χ4n) is 4.25. The molecule has 0 spiro atoms. The van der Waals surface area contributed by atoms with Gasteiger partial charge in [0.1, 0.15) is 18.9 Å².